The number of nitrogens with zero attached hydrogens (tertiary/aromatic N) is 2. The molecular weight excluding hydrogens is 653 g/mol. The molecule has 3 aromatic carbocycles. The number of hydrogen-bond acceptors (Lipinski definition) is 6. The maximum atomic E-state index is 14.3. The highest BCUT2D eigenvalue weighted by atomic mass is 19.4. The molecule has 0 aliphatic carbocycles. The van der Waals surface area contributed by atoms with Gasteiger partial charge in [-0.3, -0.25) is 9.59 Å². The van der Waals surface area contributed by atoms with Crippen molar-refractivity contribution in [2.45, 2.75) is 64.5 Å². The fourth-order valence-corrected chi connectivity index (χ4v) is 5.65. The number of aliphatic hydroxyl groups is 1. The van der Waals surface area contributed by atoms with Crippen molar-refractivity contribution in [3.63, 3.8) is 0 Å². The molecule has 0 aromatic heterocycles. The minimum Gasteiger partial charge on any atom is -0.490 e. The number of carbonyl (C=O) groups is 3. The van der Waals surface area contributed by atoms with E-state index in [0.717, 1.165) is 37.1 Å². The molecule has 1 aliphatic rings. The molecule has 4 rings (SSSR count). The number of alkyl halides is 3. The van der Waals surface area contributed by atoms with Crippen molar-refractivity contribution >= 4 is 29.2 Å². The third-order valence-electron chi connectivity index (χ3n) is 8.60. The van der Waals surface area contributed by atoms with E-state index in [1.165, 1.54) is 11.0 Å². The van der Waals surface area contributed by atoms with Crippen LogP contribution in [0.1, 0.15) is 66.3 Å². The number of hydrogen-bond donors (Lipinski definition) is 3. The summed E-state index contributed by atoms with van der Waals surface area (Å²) in [5.74, 6) is -0.560. The average molecular weight is 699 g/mol. The number of nitrogens with one attached hydrogen (secondary N) is 2. The first-order chi connectivity index (χ1) is 23.8. The number of benzene rings is 3. The van der Waals surface area contributed by atoms with Gasteiger partial charge in [0.05, 0.1) is 36.0 Å². The van der Waals surface area contributed by atoms with E-state index in [-0.39, 0.29) is 54.6 Å². The molecule has 4 atom stereocenters. The molecule has 0 radical (unpaired) electrons. The van der Waals surface area contributed by atoms with E-state index in [1.807, 2.05) is 19.9 Å². The summed E-state index contributed by atoms with van der Waals surface area (Å²) in [6.45, 7) is 6.15. The molecule has 0 bridgehead atoms. The topological polar surface area (TPSA) is 120 Å². The van der Waals surface area contributed by atoms with Crippen LogP contribution in [-0.2, 0) is 10.9 Å². The number of ether oxygens (including phenoxy) is 2. The standard InChI is InChI=1S/C37H45F3N4O6/c1-24-21-44(25(2)23-45)35(47)31-20-30(42-36(48)41-29-15-13-28(14-16-29)37(38,39)40)17-18-32(31)50-26(3)10-8-9-19-49-33(24)22-43(4)34(46)27-11-6-5-7-12-27/h5-7,11-18,20,24-26,33,45H,8-10,19,21-23H2,1-4H3,(H2,41,42,48)/t24-,25+,26+,33-/m0/s1. The van der Waals surface area contributed by atoms with Crippen LogP contribution in [0.4, 0.5) is 29.3 Å². The lowest BCUT2D eigenvalue weighted by molar-refractivity contribution is -0.137. The van der Waals surface area contributed by atoms with Gasteiger partial charge in [-0.15, -0.1) is 0 Å². The zero-order valence-electron chi connectivity index (χ0n) is 28.7. The number of fused-ring (bicyclic) bond motifs is 1. The Morgan fingerprint density at radius 1 is 1.00 bits per heavy atom. The molecule has 13 heteroatoms. The molecule has 3 aromatic rings. The summed E-state index contributed by atoms with van der Waals surface area (Å²) in [6, 6.07) is 16.3. The van der Waals surface area contributed by atoms with Crippen LogP contribution < -0.4 is 15.4 Å². The Morgan fingerprint density at radius 2 is 1.66 bits per heavy atom. The predicted molar refractivity (Wildman–Crippen MR) is 184 cm³/mol. The number of urea groups is 1. The number of halogens is 3. The fraction of sp³-hybridized carbons (Fsp3) is 0.432. The molecule has 270 valence electrons. The van der Waals surface area contributed by atoms with Crippen molar-refractivity contribution in [3.05, 3.63) is 89.5 Å². The van der Waals surface area contributed by atoms with Crippen molar-refractivity contribution in [1.82, 2.24) is 9.80 Å². The maximum absolute atomic E-state index is 14.3. The highest BCUT2D eigenvalue weighted by molar-refractivity contribution is 6.02. The minimum atomic E-state index is -4.51. The van der Waals surface area contributed by atoms with E-state index in [0.29, 0.717) is 24.3 Å². The SMILES string of the molecule is C[C@@H]1CCCCO[C@@H](CN(C)C(=O)c2ccccc2)[C@@H](C)CN([C@H](C)CO)C(=O)c2cc(NC(=O)Nc3ccc(C(F)(F)F)cc3)ccc2O1. The molecule has 1 heterocycles. The lowest BCUT2D eigenvalue weighted by Gasteiger charge is -2.36. The molecule has 0 saturated carbocycles. The smallest absolute Gasteiger partial charge is 0.416 e. The van der Waals surface area contributed by atoms with Crippen molar-refractivity contribution < 1.29 is 42.1 Å². The van der Waals surface area contributed by atoms with Crippen molar-refractivity contribution in [2.75, 3.05) is 44.0 Å². The zero-order chi connectivity index (χ0) is 36.4. The van der Waals surface area contributed by atoms with E-state index < -0.39 is 35.8 Å². The maximum Gasteiger partial charge on any atom is 0.416 e. The third kappa shape index (κ3) is 10.4. The summed E-state index contributed by atoms with van der Waals surface area (Å²) in [7, 11) is 1.72. The van der Waals surface area contributed by atoms with E-state index in [4.69, 9.17) is 9.47 Å². The van der Waals surface area contributed by atoms with Gasteiger partial charge in [0.1, 0.15) is 5.75 Å². The molecule has 10 nitrogen and oxygen atoms in total. The van der Waals surface area contributed by atoms with Crippen LogP contribution in [0.25, 0.3) is 0 Å². The molecule has 1 aliphatic heterocycles. The number of amides is 4. The van der Waals surface area contributed by atoms with Crippen LogP contribution in [0, 0.1) is 5.92 Å². The summed E-state index contributed by atoms with van der Waals surface area (Å²) >= 11 is 0. The van der Waals surface area contributed by atoms with Gasteiger partial charge in [0.2, 0.25) is 0 Å². The Hall–Kier alpha value is -4.62. The fourth-order valence-electron chi connectivity index (χ4n) is 5.65. The Morgan fingerprint density at radius 3 is 2.32 bits per heavy atom. The molecule has 4 amide bonds. The van der Waals surface area contributed by atoms with Crippen LogP contribution in [0.3, 0.4) is 0 Å². The number of rotatable bonds is 7. The second kappa shape index (κ2) is 17.3. The highest BCUT2D eigenvalue weighted by Gasteiger charge is 2.32. The summed E-state index contributed by atoms with van der Waals surface area (Å²) < 4.78 is 51.4. The van der Waals surface area contributed by atoms with Crippen molar-refractivity contribution in [2.24, 2.45) is 5.92 Å². The Kier molecular flexibility index (Phi) is 13.3. The summed E-state index contributed by atoms with van der Waals surface area (Å²) in [6.07, 6.45) is -2.97. The van der Waals surface area contributed by atoms with Crippen LogP contribution in [-0.4, -0.2) is 84.4 Å². The molecule has 0 spiro atoms. The molecule has 3 N–H and O–H groups in total. The summed E-state index contributed by atoms with van der Waals surface area (Å²) in [4.78, 5) is 43.5. The van der Waals surface area contributed by atoms with E-state index >= 15 is 0 Å². The largest absolute Gasteiger partial charge is 0.490 e. The summed E-state index contributed by atoms with van der Waals surface area (Å²) in [5.41, 5.74) is 0.251. The van der Waals surface area contributed by atoms with Crippen LogP contribution in [0.5, 0.6) is 5.75 Å². The molecule has 50 heavy (non-hydrogen) atoms. The number of carbonyl (C=O) groups excluding carboxylic acids is 3. The van der Waals surface area contributed by atoms with Crippen LogP contribution >= 0.6 is 0 Å². The molecule has 0 unspecified atom stereocenters. The van der Waals surface area contributed by atoms with E-state index in [1.54, 1.807) is 55.3 Å². The third-order valence-corrected chi connectivity index (χ3v) is 8.60. The lowest BCUT2D eigenvalue weighted by Crippen LogP contribution is -2.48. The van der Waals surface area contributed by atoms with Crippen molar-refractivity contribution in [1.29, 1.82) is 0 Å². The minimum absolute atomic E-state index is 0.145. The van der Waals surface area contributed by atoms with E-state index in [2.05, 4.69) is 10.6 Å². The number of likely N-dealkylation sites (N-methyl/N-ethyl adjacent to an activating group) is 1. The summed E-state index contributed by atoms with van der Waals surface area (Å²) in [5, 5.41) is 15.3. The van der Waals surface area contributed by atoms with Gasteiger partial charge < -0.3 is 35.0 Å². The predicted octanol–water partition coefficient (Wildman–Crippen LogP) is 6.92. The number of anilines is 2. The van der Waals surface area contributed by atoms with Gasteiger partial charge in [-0.25, -0.2) is 4.79 Å². The Balaban J connectivity index is 1.59. The van der Waals surface area contributed by atoms with Gasteiger partial charge in [0, 0.05) is 49.6 Å². The highest BCUT2D eigenvalue weighted by Crippen LogP contribution is 2.31. The van der Waals surface area contributed by atoms with Gasteiger partial charge >= 0.3 is 12.2 Å². The quantitative estimate of drug-likeness (QED) is 0.247. The second-order valence-electron chi connectivity index (χ2n) is 12.7. The molecular formula is C37H45F3N4O6. The lowest BCUT2D eigenvalue weighted by atomic mass is 10.0. The first kappa shape index (κ1) is 38.2. The van der Waals surface area contributed by atoms with Gasteiger partial charge in [-0.05, 0) is 87.7 Å². The van der Waals surface area contributed by atoms with Gasteiger partial charge in [0.15, 0.2) is 0 Å². The van der Waals surface area contributed by atoms with Crippen LogP contribution in [0.15, 0.2) is 72.8 Å². The molecule has 0 fully saturated rings. The van der Waals surface area contributed by atoms with Crippen LogP contribution in [0.2, 0.25) is 0 Å². The van der Waals surface area contributed by atoms with Gasteiger partial charge in [0.25, 0.3) is 11.8 Å². The first-order valence-corrected chi connectivity index (χ1v) is 16.7. The Labute approximate surface area is 290 Å². The van der Waals surface area contributed by atoms with Gasteiger partial charge in [-0.1, -0.05) is 25.1 Å². The van der Waals surface area contributed by atoms with Gasteiger partial charge in [-0.2, -0.15) is 13.2 Å². The first-order valence-electron chi connectivity index (χ1n) is 16.7. The monoisotopic (exact) mass is 698 g/mol. The van der Waals surface area contributed by atoms with E-state index in [9.17, 15) is 32.7 Å². The Bertz CT molecular complexity index is 1590. The average Bonchev–Trinajstić information content (AvgIpc) is 3.09. The number of aliphatic hydroxyl groups excluding tert-OH is 1. The molecule has 0 saturated heterocycles. The zero-order valence-corrected chi connectivity index (χ0v) is 28.7. The normalized spacial score (nSPS) is 19.7. The second-order valence-corrected chi connectivity index (χ2v) is 12.7. The van der Waals surface area contributed by atoms with Crippen molar-refractivity contribution in [3.8, 4) is 5.75 Å².